The van der Waals surface area contributed by atoms with Gasteiger partial charge in [-0.3, -0.25) is 9.59 Å². The second-order valence-corrected chi connectivity index (χ2v) is 4.47. The number of hydrogen-bond donors (Lipinski definition) is 2. The summed E-state index contributed by atoms with van der Waals surface area (Å²) in [5.41, 5.74) is 0. The first-order chi connectivity index (χ1) is 9.58. The molecule has 0 atom stereocenters. The van der Waals surface area contributed by atoms with Crippen molar-refractivity contribution in [2.45, 2.75) is 39.0 Å². The standard InChI is InChI=1S/C13H20N2O5/c1-10-8-12(15-20-10)19-9-11(16)14-7-5-3-2-4-6-13(17)18/h8H,2-7,9H2,1H3,(H,14,16)(H,17,18). The molecular weight excluding hydrogens is 264 g/mol. The Bertz CT molecular complexity index is 430. The quantitative estimate of drug-likeness (QED) is 0.631. The molecule has 7 nitrogen and oxygen atoms in total. The second kappa shape index (κ2) is 8.95. The van der Waals surface area contributed by atoms with Gasteiger partial charge in [0.25, 0.3) is 11.8 Å². The van der Waals surface area contributed by atoms with E-state index >= 15 is 0 Å². The maximum atomic E-state index is 11.4. The highest BCUT2D eigenvalue weighted by Crippen LogP contribution is 2.09. The topological polar surface area (TPSA) is 102 Å². The van der Waals surface area contributed by atoms with Crippen molar-refractivity contribution in [1.82, 2.24) is 10.5 Å². The van der Waals surface area contributed by atoms with Crippen LogP contribution in [0, 0.1) is 6.92 Å². The molecule has 7 heteroatoms. The fraction of sp³-hybridized carbons (Fsp3) is 0.615. The predicted molar refractivity (Wildman–Crippen MR) is 70.5 cm³/mol. The summed E-state index contributed by atoms with van der Waals surface area (Å²) >= 11 is 0. The van der Waals surface area contributed by atoms with Crippen LogP contribution in [0.2, 0.25) is 0 Å². The van der Waals surface area contributed by atoms with E-state index in [4.69, 9.17) is 14.4 Å². The third-order valence-electron chi connectivity index (χ3n) is 2.60. The number of carbonyl (C=O) groups excluding carboxylic acids is 1. The summed E-state index contributed by atoms with van der Waals surface area (Å²) < 4.78 is 9.93. The van der Waals surface area contributed by atoms with Gasteiger partial charge in [0, 0.05) is 19.0 Å². The van der Waals surface area contributed by atoms with Crippen molar-refractivity contribution in [2.24, 2.45) is 0 Å². The van der Waals surface area contributed by atoms with Gasteiger partial charge in [0.2, 0.25) is 0 Å². The van der Waals surface area contributed by atoms with E-state index in [-0.39, 0.29) is 18.9 Å². The number of rotatable bonds is 10. The molecule has 0 bridgehead atoms. The van der Waals surface area contributed by atoms with E-state index in [1.807, 2.05) is 0 Å². The number of aromatic nitrogens is 1. The summed E-state index contributed by atoms with van der Waals surface area (Å²) in [4.78, 5) is 21.7. The Labute approximate surface area is 117 Å². The van der Waals surface area contributed by atoms with Gasteiger partial charge in [-0.25, -0.2) is 0 Å². The van der Waals surface area contributed by atoms with Crippen molar-refractivity contribution in [2.75, 3.05) is 13.2 Å². The number of carbonyl (C=O) groups is 2. The van der Waals surface area contributed by atoms with Crippen LogP contribution in [0.15, 0.2) is 10.6 Å². The number of nitrogens with one attached hydrogen (secondary N) is 1. The van der Waals surface area contributed by atoms with E-state index in [0.29, 0.717) is 24.6 Å². The molecule has 20 heavy (non-hydrogen) atoms. The molecule has 1 heterocycles. The van der Waals surface area contributed by atoms with E-state index in [1.165, 1.54) is 0 Å². The molecule has 0 aliphatic rings. The molecule has 1 amide bonds. The molecule has 0 unspecified atom stereocenters. The molecule has 0 aromatic carbocycles. The number of nitrogens with zero attached hydrogens (tertiary/aromatic N) is 1. The molecule has 2 N–H and O–H groups in total. The zero-order chi connectivity index (χ0) is 14.8. The van der Waals surface area contributed by atoms with Crippen LogP contribution in [0.1, 0.15) is 37.9 Å². The van der Waals surface area contributed by atoms with Gasteiger partial charge in [-0.2, -0.15) is 0 Å². The SMILES string of the molecule is Cc1cc(OCC(=O)NCCCCCCC(=O)O)no1. The summed E-state index contributed by atoms with van der Waals surface area (Å²) in [6.45, 7) is 2.21. The number of aliphatic carboxylic acids is 1. The largest absolute Gasteiger partial charge is 0.481 e. The van der Waals surface area contributed by atoms with Gasteiger partial charge in [-0.1, -0.05) is 12.8 Å². The van der Waals surface area contributed by atoms with Gasteiger partial charge in [0.1, 0.15) is 5.76 Å². The molecule has 0 aliphatic carbocycles. The summed E-state index contributed by atoms with van der Waals surface area (Å²) in [5.74, 6) is -0.0529. The molecule has 112 valence electrons. The van der Waals surface area contributed by atoms with E-state index in [1.54, 1.807) is 13.0 Å². The first-order valence-electron chi connectivity index (χ1n) is 6.62. The van der Waals surface area contributed by atoms with Crippen LogP contribution in [0.25, 0.3) is 0 Å². The predicted octanol–water partition coefficient (Wildman–Crippen LogP) is 1.51. The first kappa shape index (κ1) is 16.0. The van der Waals surface area contributed by atoms with Crippen LogP contribution in [0.5, 0.6) is 5.88 Å². The van der Waals surface area contributed by atoms with Crippen molar-refractivity contribution in [3.8, 4) is 5.88 Å². The molecule has 0 saturated heterocycles. The molecule has 0 radical (unpaired) electrons. The lowest BCUT2D eigenvalue weighted by molar-refractivity contribution is -0.137. The first-order valence-corrected chi connectivity index (χ1v) is 6.62. The van der Waals surface area contributed by atoms with Gasteiger partial charge in [0.15, 0.2) is 6.61 Å². The van der Waals surface area contributed by atoms with Crippen LogP contribution < -0.4 is 10.1 Å². The molecular formula is C13H20N2O5. The Balaban J connectivity index is 1.96. The zero-order valence-electron chi connectivity index (χ0n) is 11.6. The summed E-state index contributed by atoms with van der Waals surface area (Å²) in [5, 5.41) is 14.8. The van der Waals surface area contributed by atoms with Gasteiger partial charge in [-0.15, -0.1) is 0 Å². The molecule has 1 rings (SSSR count). The van der Waals surface area contributed by atoms with Crippen molar-refractivity contribution in [3.05, 3.63) is 11.8 Å². The lowest BCUT2D eigenvalue weighted by atomic mass is 10.1. The lowest BCUT2D eigenvalue weighted by Crippen LogP contribution is -2.29. The van der Waals surface area contributed by atoms with E-state index in [0.717, 1.165) is 19.3 Å². The average Bonchev–Trinajstić information content (AvgIpc) is 2.81. The fourth-order valence-corrected chi connectivity index (χ4v) is 1.58. The molecule has 0 fully saturated rings. The Kier molecular flexibility index (Phi) is 7.16. The second-order valence-electron chi connectivity index (χ2n) is 4.47. The van der Waals surface area contributed by atoms with Crippen LogP contribution in [-0.2, 0) is 9.59 Å². The number of unbranched alkanes of at least 4 members (excludes halogenated alkanes) is 3. The van der Waals surface area contributed by atoms with E-state index in [2.05, 4.69) is 10.5 Å². The lowest BCUT2D eigenvalue weighted by Gasteiger charge is -2.05. The maximum Gasteiger partial charge on any atom is 0.303 e. The summed E-state index contributed by atoms with van der Waals surface area (Å²) in [6, 6.07) is 1.61. The molecule has 0 saturated carbocycles. The number of ether oxygens (including phenoxy) is 1. The fourth-order valence-electron chi connectivity index (χ4n) is 1.58. The smallest absolute Gasteiger partial charge is 0.303 e. The maximum absolute atomic E-state index is 11.4. The van der Waals surface area contributed by atoms with Gasteiger partial charge in [-0.05, 0) is 24.9 Å². The van der Waals surface area contributed by atoms with Crippen molar-refractivity contribution in [1.29, 1.82) is 0 Å². The molecule has 1 aromatic rings. The minimum Gasteiger partial charge on any atom is -0.481 e. The number of amides is 1. The Morgan fingerprint density at radius 3 is 2.75 bits per heavy atom. The third-order valence-corrected chi connectivity index (χ3v) is 2.60. The Morgan fingerprint density at radius 1 is 1.35 bits per heavy atom. The minimum absolute atomic E-state index is 0.0923. The van der Waals surface area contributed by atoms with Crippen molar-refractivity contribution in [3.63, 3.8) is 0 Å². The van der Waals surface area contributed by atoms with Gasteiger partial charge >= 0.3 is 5.97 Å². The van der Waals surface area contributed by atoms with Crippen molar-refractivity contribution >= 4 is 11.9 Å². The number of carboxylic acids is 1. The monoisotopic (exact) mass is 284 g/mol. The number of aryl methyl sites for hydroxylation is 1. The normalized spacial score (nSPS) is 10.2. The Hall–Kier alpha value is -2.05. The molecule has 0 aliphatic heterocycles. The molecule has 1 aromatic heterocycles. The summed E-state index contributed by atoms with van der Waals surface area (Å²) in [6.07, 6.45) is 3.47. The Morgan fingerprint density at radius 2 is 2.10 bits per heavy atom. The number of hydrogen-bond acceptors (Lipinski definition) is 5. The van der Waals surface area contributed by atoms with Crippen LogP contribution in [-0.4, -0.2) is 35.3 Å². The van der Waals surface area contributed by atoms with Gasteiger partial charge in [0.05, 0.1) is 0 Å². The minimum atomic E-state index is -0.765. The highest BCUT2D eigenvalue weighted by molar-refractivity contribution is 5.77. The van der Waals surface area contributed by atoms with Crippen molar-refractivity contribution < 1.29 is 24.0 Å². The molecule has 0 spiro atoms. The van der Waals surface area contributed by atoms with E-state index < -0.39 is 5.97 Å². The van der Waals surface area contributed by atoms with Crippen LogP contribution >= 0.6 is 0 Å². The summed E-state index contributed by atoms with van der Waals surface area (Å²) in [7, 11) is 0. The highest BCUT2D eigenvalue weighted by atomic mass is 16.5. The van der Waals surface area contributed by atoms with Crippen LogP contribution in [0.3, 0.4) is 0 Å². The van der Waals surface area contributed by atoms with Crippen LogP contribution in [0.4, 0.5) is 0 Å². The zero-order valence-corrected chi connectivity index (χ0v) is 11.6. The highest BCUT2D eigenvalue weighted by Gasteiger charge is 2.05. The van der Waals surface area contributed by atoms with E-state index in [9.17, 15) is 9.59 Å². The number of carboxylic acid groups (broad SMARTS) is 1. The third kappa shape index (κ3) is 7.40. The van der Waals surface area contributed by atoms with Gasteiger partial charge < -0.3 is 19.7 Å². The average molecular weight is 284 g/mol.